The first-order valence-electron chi connectivity index (χ1n) is 10.3. The van der Waals surface area contributed by atoms with E-state index in [1.54, 1.807) is 16.8 Å². The van der Waals surface area contributed by atoms with E-state index < -0.39 is 5.72 Å². The first-order chi connectivity index (χ1) is 13.3. The number of rotatable bonds is 6. The summed E-state index contributed by atoms with van der Waals surface area (Å²) >= 11 is 0. The van der Waals surface area contributed by atoms with Crippen molar-refractivity contribution in [1.82, 2.24) is 14.5 Å². The molecule has 1 aliphatic rings. The molecule has 1 saturated heterocycles. The molecule has 3 rings (SSSR count). The van der Waals surface area contributed by atoms with Crippen LogP contribution in [-0.2, 0) is 11.3 Å². The molecule has 6 nitrogen and oxygen atoms in total. The van der Waals surface area contributed by atoms with Crippen LogP contribution in [-0.4, -0.2) is 38.7 Å². The zero-order valence-electron chi connectivity index (χ0n) is 17.6. The van der Waals surface area contributed by atoms with Gasteiger partial charge in [0, 0.05) is 18.1 Å². The van der Waals surface area contributed by atoms with E-state index in [0.717, 1.165) is 24.6 Å². The molecule has 0 unspecified atom stereocenters. The highest BCUT2D eigenvalue weighted by Gasteiger charge is 2.46. The van der Waals surface area contributed by atoms with Gasteiger partial charge in [0.25, 0.3) is 11.5 Å². The van der Waals surface area contributed by atoms with Gasteiger partial charge in [-0.15, -0.1) is 0 Å². The molecule has 28 heavy (non-hydrogen) atoms. The Morgan fingerprint density at radius 2 is 2.14 bits per heavy atom. The van der Waals surface area contributed by atoms with Crippen molar-refractivity contribution in [3.63, 3.8) is 0 Å². The highest BCUT2D eigenvalue weighted by molar-refractivity contribution is 5.97. The highest BCUT2D eigenvalue weighted by atomic mass is 16.5. The number of pyridine rings is 2. The predicted octanol–water partition coefficient (Wildman–Crippen LogP) is 3.82. The fourth-order valence-electron chi connectivity index (χ4n) is 4.02. The summed E-state index contributed by atoms with van der Waals surface area (Å²) in [6.45, 7) is 11.2. The van der Waals surface area contributed by atoms with Gasteiger partial charge in [-0.2, -0.15) is 0 Å². The second-order valence-electron chi connectivity index (χ2n) is 8.18. The largest absolute Gasteiger partial charge is 0.354 e. The van der Waals surface area contributed by atoms with Crippen molar-refractivity contribution in [3.05, 3.63) is 40.3 Å². The summed E-state index contributed by atoms with van der Waals surface area (Å²) < 4.78 is 7.69. The maximum Gasteiger partial charge on any atom is 0.265 e. The highest BCUT2D eigenvalue weighted by Crippen LogP contribution is 2.35. The summed E-state index contributed by atoms with van der Waals surface area (Å²) in [5.74, 6) is 0.274. The molecule has 1 fully saturated rings. The lowest BCUT2D eigenvalue weighted by Gasteiger charge is -2.37. The lowest BCUT2D eigenvalue weighted by Crippen LogP contribution is -2.51. The second-order valence-corrected chi connectivity index (χ2v) is 8.18. The minimum atomic E-state index is -0.685. The monoisotopic (exact) mass is 385 g/mol. The third-order valence-electron chi connectivity index (χ3n) is 5.73. The molecule has 2 atom stereocenters. The molecule has 6 heteroatoms. The van der Waals surface area contributed by atoms with E-state index in [4.69, 9.17) is 4.74 Å². The van der Waals surface area contributed by atoms with E-state index in [-0.39, 0.29) is 23.1 Å². The summed E-state index contributed by atoms with van der Waals surface area (Å²) in [5.41, 5.74) is -0.164. The number of carbonyl (C=O) groups is 1. The van der Waals surface area contributed by atoms with E-state index in [9.17, 15) is 9.59 Å². The number of aryl methyl sites for hydroxylation is 1. The third-order valence-corrected chi connectivity index (χ3v) is 5.73. The van der Waals surface area contributed by atoms with E-state index >= 15 is 0 Å². The molecule has 0 aliphatic carbocycles. The van der Waals surface area contributed by atoms with E-state index in [1.807, 2.05) is 30.9 Å². The summed E-state index contributed by atoms with van der Waals surface area (Å²) in [6, 6.07) is 5.37. The molecule has 0 bridgehead atoms. The van der Waals surface area contributed by atoms with Gasteiger partial charge in [-0.1, -0.05) is 20.8 Å². The van der Waals surface area contributed by atoms with Gasteiger partial charge < -0.3 is 9.64 Å². The summed E-state index contributed by atoms with van der Waals surface area (Å²) in [4.78, 5) is 32.9. The summed E-state index contributed by atoms with van der Waals surface area (Å²) in [7, 11) is 0. The third kappa shape index (κ3) is 3.58. The number of aromatic nitrogens is 2. The smallest absolute Gasteiger partial charge is 0.265 e. The molecule has 1 aliphatic heterocycles. The van der Waals surface area contributed by atoms with Crippen molar-refractivity contribution >= 4 is 16.9 Å². The van der Waals surface area contributed by atoms with Gasteiger partial charge in [-0.05, 0) is 57.2 Å². The Morgan fingerprint density at radius 1 is 1.39 bits per heavy atom. The molecule has 0 N–H and O–H groups in total. The van der Waals surface area contributed by atoms with Gasteiger partial charge in [0.15, 0.2) is 0 Å². The normalized spacial score (nSPS) is 22.4. The van der Waals surface area contributed by atoms with Crippen LogP contribution in [0.15, 0.2) is 29.2 Å². The van der Waals surface area contributed by atoms with Crippen molar-refractivity contribution < 1.29 is 9.53 Å². The molecular formula is C22H31N3O3. The number of ether oxygens (including phenoxy) is 1. The standard InChI is InChI=1S/C22H31N3O3/c1-6-17-14-28-22(5,11-10-15(3)4)25(17)21(27)18-13-16-9-8-12-23-19(16)24(7-2)20(18)26/h8-9,12-13,15,17H,6-7,10-11,14H2,1-5H3/t17-,22-/m0/s1. The predicted molar refractivity (Wildman–Crippen MR) is 110 cm³/mol. The Balaban J connectivity index is 2.08. The van der Waals surface area contributed by atoms with Crippen LogP contribution in [0, 0.1) is 5.92 Å². The van der Waals surface area contributed by atoms with Crippen molar-refractivity contribution in [3.8, 4) is 0 Å². The molecule has 0 spiro atoms. The average Bonchev–Trinajstić information content (AvgIpc) is 3.02. The maximum absolute atomic E-state index is 13.6. The zero-order valence-corrected chi connectivity index (χ0v) is 17.6. The van der Waals surface area contributed by atoms with Crippen LogP contribution in [0.1, 0.15) is 64.2 Å². The number of fused-ring (bicyclic) bond motifs is 1. The second kappa shape index (κ2) is 8.03. The molecule has 3 heterocycles. The molecule has 0 saturated carbocycles. The molecule has 152 valence electrons. The van der Waals surface area contributed by atoms with Gasteiger partial charge in [-0.3, -0.25) is 14.2 Å². The fraction of sp³-hybridized carbons (Fsp3) is 0.591. The van der Waals surface area contributed by atoms with Gasteiger partial charge in [-0.25, -0.2) is 4.98 Å². The van der Waals surface area contributed by atoms with Crippen LogP contribution in [0.4, 0.5) is 0 Å². The Labute approximate surface area is 166 Å². The molecule has 2 aromatic heterocycles. The quantitative estimate of drug-likeness (QED) is 0.758. The summed E-state index contributed by atoms with van der Waals surface area (Å²) in [5, 5.41) is 0.796. The Bertz CT molecular complexity index is 921. The number of carbonyl (C=O) groups excluding carboxylic acids is 1. The van der Waals surface area contributed by atoms with Gasteiger partial charge in [0.1, 0.15) is 16.9 Å². The van der Waals surface area contributed by atoms with Crippen LogP contribution in [0.5, 0.6) is 0 Å². The number of hydrogen-bond acceptors (Lipinski definition) is 4. The van der Waals surface area contributed by atoms with Crippen LogP contribution < -0.4 is 5.56 Å². The Morgan fingerprint density at radius 3 is 2.79 bits per heavy atom. The Hall–Kier alpha value is -2.21. The molecule has 1 amide bonds. The van der Waals surface area contributed by atoms with Crippen LogP contribution in [0.3, 0.4) is 0 Å². The van der Waals surface area contributed by atoms with E-state index in [0.29, 0.717) is 24.7 Å². The first-order valence-corrected chi connectivity index (χ1v) is 10.3. The number of hydrogen-bond donors (Lipinski definition) is 0. The lowest BCUT2D eigenvalue weighted by atomic mass is 9.99. The van der Waals surface area contributed by atoms with E-state index in [2.05, 4.69) is 25.8 Å². The minimum absolute atomic E-state index is 0.0243. The molecule has 0 aromatic carbocycles. The van der Waals surface area contributed by atoms with Crippen LogP contribution in [0.25, 0.3) is 11.0 Å². The molecule has 2 aromatic rings. The summed E-state index contributed by atoms with van der Waals surface area (Å²) in [6.07, 6.45) is 4.17. The zero-order chi connectivity index (χ0) is 20.5. The number of amides is 1. The van der Waals surface area contributed by atoms with E-state index in [1.165, 1.54) is 0 Å². The van der Waals surface area contributed by atoms with Crippen LogP contribution in [0.2, 0.25) is 0 Å². The van der Waals surface area contributed by atoms with Crippen molar-refractivity contribution in [2.45, 2.75) is 72.2 Å². The minimum Gasteiger partial charge on any atom is -0.354 e. The van der Waals surface area contributed by atoms with Crippen molar-refractivity contribution in [2.75, 3.05) is 6.61 Å². The number of nitrogens with zero attached hydrogens (tertiary/aromatic N) is 3. The molecule has 0 radical (unpaired) electrons. The lowest BCUT2D eigenvalue weighted by molar-refractivity contribution is -0.0641. The fourth-order valence-corrected chi connectivity index (χ4v) is 4.02. The SMILES string of the molecule is CC[C@H]1CO[C@@](C)(CCC(C)C)N1C(=O)c1cc2cccnc2n(CC)c1=O. The molecular weight excluding hydrogens is 354 g/mol. The van der Waals surface area contributed by atoms with Gasteiger partial charge in [0.05, 0.1) is 12.6 Å². The van der Waals surface area contributed by atoms with Crippen LogP contribution >= 0.6 is 0 Å². The average molecular weight is 386 g/mol. The van der Waals surface area contributed by atoms with Crippen molar-refractivity contribution in [2.24, 2.45) is 5.92 Å². The first kappa shape index (κ1) is 20.5. The maximum atomic E-state index is 13.6. The Kier molecular flexibility index (Phi) is 5.89. The van der Waals surface area contributed by atoms with Gasteiger partial charge in [0.2, 0.25) is 0 Å². The van der Waals surface area contributed by atoms with Crippen molar-refractivity contribution in [1.29, 1.82) is 0 Å². The topological polar surface area (TPSA) is 64.4 Å². The van der Waals surface area contributed by atoms with Gasteiger partial charge >= 0.3 is 0 Å².